The molecule has 4 aromatic rings. The summed E-state index contributed by atoms with van der Waals surface area (Å²) in [6.45, 7) is 2.08. The van der Waals surface area contributed by atoms with Crippen LogP contribution in [0.25, 0.3) is 22.6 Å². The molecule has 0 aliphatic heterocycles. The van der Waals surface area contributed by atoms with Crippen LogP contribution in [0.2, 0.25) is 0 Å². The van der Waals surface area contributed by atoms with E-state index in [0.29, 0.717) is 0 Å². The lowest BCUT2D eigenvalue weighted by Gasteiger charge is -2.04. The first kappa shape index (κ1) is 20.8. The van der Waals surface area contributed by atoms with Gasteiger partial charge in [-0.2, -0.15) is 5.21 Å². The van der Waals surface area contributed by atoms with E-state index < -0.39 is 0 Å². The third-order valence-corrected chi connectivity index (χ3v) is 5.28. The van der Waals surface area contributed by atoms with Crippen LogP contribution in [-0.2, 0) is 12.8 Å². The Kier molecular flexibility index (Phi) is 6.72. The van der Waals surface area contributed by atoms with Crippen molar-refractivity contribution in [3.05, 3.63) is 65.8 Å². The number of aromatic nitrogens is 5. The lowest BCUT2D eigenvalue weighted by atomic mass is 10.0. The Morgan fingerprint density at radius 3 is 2.26 bits per heavy atom. The van der Waals surface area contributed by atoms with Crippen molar-refractivity contribution >= 4 is 0 Å². The number of aryl methyl sites for hydroxylation is 3. The molecule has 0 amide bonds. The molecule has 2 aromatic heterocycles. The number of benzene rings is 2. The zero-order valence-electron chi connectivity index (χ0n) is 18.0. The predicted octanol–water partition coefficient (Wildman–Crippen LogP) is 5.18. The van der Waals surface area contributed by atoms with Crippen LogP contribution in [0.4, 0.5) is 0 Å². The van der Waals surface area contributed by atoms with Crippen molar-refractivity contribution in [2.45, 2.75) is 45.4 Å². The van der Waals surface area contributed by atoms with Gasteiger partial charge in [0.25, 0.3) is 0 Å². The number of rotatable bonds is 10. The predicted molar refractivity (Wildman–Crippen MR) is 119 cm³/mol. The van der Waals surface area contributed by atoms with Crippen molar-refractivity contribution in [1.82, 2.24) is 25.6 Å². The Bertz CT molecular complexity index is 1070. The van der Waals surface area contributed by atoms with Crippen LogP contribution < -0.4 is 4.74 Å². The molecular weight excluding hydrogens is 390 g/mol. The second-order valence-corrected chi connectivity index (χ2v) is 7.62. The van der Waals surface area contributed by atoms with Gasteiger partial charge < -0.3 is 9.15 Å². The van der Waals surface area contributed by atoms with Gasteiger partial charge in [0, 0.05) is 24.0 Å². The van der Waals surface area contributed by atoms with Gasteiger partial charge >= 0.3 is 0 Å². The number of oxazole rings is 1. The minimum atomic E-state index is 0.777. The molecule has 4 rings (SSSR count). The Morgan fingerprint density at radius 1 is 0.871 bits per heavy atom. The summed E-state index contributed by atoms with van der Waals surface area (Å²) in [7, 11) is 1.67. The summed E-state index contributed by atoms with van der Waals surface area (Å²) in [6.07, 6.45) is 5.98. The summed E-state index contributed by atoms with van der Waals surface area (Å²) >= 11 is 0. The summed E-state index contributed by atoms with van der Waals surface area (Å²) < 4.78 is 11.5. The van der Waals surface area contributed by atoms with E-state index in [1.165, 1.54) is 5.56 Å². The molecular formula is C24H27N5O2. The molecule has 2 heterocycles. The normalized spacial score (nSPS) is 11.0. The molecule has 0 saturated carbocycles. The third kappa shape index (κ3) is 5.36. The largest absolute Gasteiger partial charge is 0.497 e. The molecule has 0 aliphatic rings. The minimum absolute atomic E-state index is 0.777. The standard InChI is InChI=1S/C24H27N5O2/c1-17-9-11-18(12-10-17)23-24(19-13-15-20(30-2)16-14-19)31-22(25-23)8-6-4-3-5-7-21-26-28-29-27-21/h9-16H,3-8H2,1-2H3,(H,26,27,28,29). The van der Waals surface area contributed by atoms with Crippen LogP contribution in [0.3, 0.4) is 0 Å². The maximum Gasteiger partial charge on any atom is 0.195 e. The molecule has 7 nitrogen and oxygen atoms in total. The maximum atomic E-state index is 6.24. The lowest BCUT2D eigenvalue weighted by molar-refractivity contribution is 0.415. The molecule has 0 fully saturated rings. The molecule has 0 saturated heterocycles. The number of tetrazole rings is 1. The van der Waals surface area contributed by atoms with Crippen LogP contribution in [-0.4, -0.2) is 32.7 Å². The van der Waals surface area contributed by atoms with Gasteiger partial charge in [0.2, 0.25) is 0 Å². The number of hydrogen-bond acceptors (Lipinski definition) is 6. The van der Waals surface area contributed by atoms with Gasteiger partial charge in [0.05, 0.1) is 7.11 Å². The van der Waals surface area contributed by atoms with Gasteiger partial charge in [-0.25, -0.2) is 4.98 Å². The van der Waals surface area contributed by atoms with Gasteiger partial charge in [-0.15, -0.1) is 10.2 Å². The van der Waals surface area contributed by atoms with Crippen molar-refractivity contribution in [1.29, 1.82) is 0 Å². The smallest absolute Gasteiger partial charge is 0.195 e. The van der Waals surface area contributed by atoms with Crippen LogP contribution in [0.1, 0.15) is 43.0 Å². The van der Waals surface area contributed by atoms with E-state index in [4.69, 9.17) is 14.1 Å². The van der Waals surface area contributed by atoms with Gasteiger partial charge in [0.1, 0.15) is 11.4 Å². The SMILES string of the molecule is COc1ccc(-c2oc(CCCCCCc3nn[nH]n3)nc2-c2ccc(C)cc2)cc1. The van der Waals surface area contributed by atoms with Crippen LogP contribution in [0.5, 0.6) is 5.75 Å². The quantitative estimate of drug-likeness (QED) is 0.357. The van der Waals surface area contributed by atoms with E-state index in [-0.39, 0.29) is 0 Å². The molecule has 0 aliphatic carbocycles. The highest BCUT2D eigenvalue weighted by Crippen LogP contribution is 2.34. The molecule has 0 unspecified atom stereocenters. The van der Waals surface area contributed by atoms with Gasteiger partial charge in [-0.05, 0) is 44.0 Å². The summed E-state index contributed by atoms with van der Waals surface area (Å²) in [4.78, 5) is 4.86. The van der Waals surface area contributed by atoms with Gasteiger partial charge in [0.15, 0.2) is 17.5 Å². The minimum Gasteiger partial charge on any atom is -0.497 e. The van der Waals surface area contributed by atoms with Crippen molar-refractivity contribution in [2.75, 3.05) is 7.11 Å². The van der Waals surface area contributed by atoms with Crippen LogP contribution in [0.15, 0.2) is 52.9 Å². The van der Waals surface area contributed by atoms with Crippen molar-refractivity contribution in [3.63, 3.8) is 0 Å². The fraction of sp³-hybridized carbons (Fsp3) is 0.333. The molecule has 0 radical (unpaired) electrons. The van der Waals surface area contributed by atoms with Crippen LogP contribution in [0, 0.1) is 6.92 Å². The first-order valence-electron chi connectivity index (χ1n) is 10.7. The molecule has 1 N–H and O–H groups in total. The highest BCUT2D eigenvalue weighted by molar-refractivity contribution is 5.77. The van der Waals surface area contributed by atoms with Crippen molar-refractivity contribution in [2.24, 2.45) is 0 Å². The van der Waals surface area contributed by atoms with E-state index in [9.17, 15) is 0 Å². The van der Waals surface area contributed by atoms with Crippen molar-refractivity contribution < 1.29 is 9.15 Å². The summed E-state index contributed by atoms with van der Waals surface area (Å²) in [6, 6.07) is 16.3. The van der Waals surface area contributed by atoms with E-state index in [1.54, 1.807) is 7.11 Å². The highest BCUT2D eigenvalue weighted by Gasteiger charge is 2.17. The fourth-order valence-electron chi connectivity index (χ4n) is 3.52. The summed E-state index contributed by atoms with van der Waals surface area (Å²) in [5.74, 6) is 3.18. The number of methoxy groups -OCH3 is 1. The molecule has 0 spiro atoms. The Morgan fingerprint density at radius 2 is 1.58 bits per heavy atom. The third-order valence-electron chi connectivity index (χ3n) is 5.28. The number of nitrogens with zero attached hydrogens (tertiary/aromatic N) is 4. The van der Waals surface area contributed by atoms with Gasteiger partial charge in [-0.1, -0.05) is 47.9 Å². The molecule has 0 atom stereocenters. The van der Waals surface area contributed by atoms with Gasteiger partial charge in [-0.3, -0.25) is 0 Å². The second-order valence-electron chi connectivity index (χ2n) is 7.62. The second kappa shape index (κ2) is 10.0. The molecule has 0 bridgehead atoms. The molecule has 31 heavy (non-hydrogen) atoms. The average molecular weight is 418 g/mol. The Balaban J connectivity index is 1.44. The highest BCUT2D eigenvalue weighted by atomic mass is 16.5. The lowest BCUT2D eigenvalue weighted by Crippen LogP contribution is -1.91. The van der Waals surface area contributed by atoms with E-state index >= 15 is 0 Å². The first-order chi connectivity index (χ1) is 15.2. The number of unbranched alkanes of at least 4 members (excludes halogenated alkanes) is 3. The summed E-state index contributed by atoms with van der Waals surface area (Å²) in [5.41, 5.74) is 4.17. The zero-order valence-corrected chi connectivity index (χ0v) is 18.0. The monoisotopic (exact) mass is 417 g/mol. The summed E-state index contributed by atoms with van der Waals surface area (Å²) in [5, 5.41) is 14.1. The average Bonchev–Trinajstić information content (AvgIpc) is 3.47. The zero-order chi connectivity index (χ0) is 21.5. The fourth-order valence-corrected chi connectivity index (χ4v) is 3.52. The molecule has 2 aromatic carbocycles. The topological polar surface area (TPSA) is 89.7 Å². The Hall–Kier alpha value is -3.48. The van der Waals surface area contributed by atoms with Crippen molar-refractivity contribution in [3.8, 4) is 28.3 Å². The van der Waals surface area contributed by atoms with E-state index in [0.717, 1.165) is 78.6 Å². The Labute approximate surface area is 181 Å². The van der Waals surface area contributed by atoms with E-state index in [1.807, 2.05) is 24.3 Å². The first-order valence-corrected chi connectivity index (χ1v) is 10.7. The number of aromatic amines is 1. The molecule has 7 heteroatoms. The van der Waals surface area contributed by atoms with E-state index in [2.05, 4.69) is 51.8 Å². The number of ether oxygens (including phenoxy) is 1. The van der Waals surface area contributed by atoms with Crippen LogP contribution >= 0.6 is 0 Å². The number of nitrogens with one attached hydrogen (secondary N) is 1. The maximum absolute atomic E-state index is 6.24. The number of H-pyrrole nitrogens is 1. The molecule has 160 valence electrons. The number of hydrogen-bond donors (Lipinski definition) is 1.